The Balaban J connectivity index is 1.85. The van der Waals surface area contributed by atoms with Crippen molar-refractivity contribution in [2.45, 2.75) is 63.8 Å². The highest BCUT2D eigenvalue weighted by Gasteiger charge is 2.30. The first kappa shape index (κ1) is 30.0. The van der Waals surface area contributed by atoms with Crippen molar-refractivity contribution in [1.82, 2.24) is 20.2 Å². The van der Waals surface area contributed by atoms with Gasteiger partial charge in [-0.2, -0.15) is 0 Å². The molecule has 6 N–H and O–H groups in total. The number of nitrogens with one attached hydrogen (secondary N) is 2. The molecule has 0 aliphatic rings. The summed E-state index contributed by atoms with van der Waals surface area (Å²) in [4.78, 5) is 55.3. The first-order valence-corrected chi connectivity index (χ1v) is 12.9. The Morgan fingerprint density at radius 2 is 1.43 bits per heavy atom. The number of primary amides is 1. The number of amides is 3. The van der Waals surface area contributed by atoms with Crippen LogP contribution >= 0.6 is 0 Å². The van der Waals surface area contributed by atoms with E-state index in [1.165, 1.54) is 17.1 Å². The van der Waals surface area contributed by atoms with E-state index in [9.17, 15) is 19.2 Å². The molecule has 3 rings (SSSR count). The van der Waals surface area contributed by atoms with Gasteiger partial charge in [0.15, 0.2) is 0 Å². The molecule has 3 atom stereocenters. The highest BCUT2D eigenvalue weighted by Crippen LogP contribution is 2.11. The molecule has 2 aromatic carbocycles. The van der Waals surface area contributed by atoms with Crippen LogP contribution in [0.15, 0.2) is 73.2 Å². The lowest BCUT2D eigenvalue weighted by Crippen LogP contribution is -2.54. The number of imidazole rings is 1. The van der Waals surface area contributed by atoms with Gasteiger partial charge in [-0.25, -0.2) is 9.78 Å². The molecule has 0 aliphatic heterocycles. The second-order valence-electron chi connectivity index (χ2n) is 10.5. The van der Waals surface area contributed by atoms with Gasteiger partial charge < -0.3 is 26.8 Å². The zero-order chi connectivity index (χ0) is 29.3. The normalized spacial score (nSPS) is 13.5. The van der Waals surface area contributed by atoms with Crippen LogP contribution in [0.3, 0.4) is 0 Å². The number of alkyl carbamates (subject to hydrolysis) is 1. The molecule has 212 valence electrons. The number of hydrogen-bond acceptors (Lipinski definition) is 7. The monoisotopic (exact) mass is 548 g/mol. The van der Waals surface area contributed by atoms with Crippen LogP contribution in [0.1, 0.15) is 42.4 Å². The molecular formula is C29H36N6O5. The summed E-state index contributed by atoms with van der Waals surface area (Å²) >= 11 is 0. The Labute approximate surface area is 233 Å². The van der Waals surface area contributed by atoms with Crippen molar-refractivity contribution in [2.24, 2.45) is 11.5 Å². The predicted octanol–water partition coefficient (Wildman–Crippen LogP) is 1.74. The van der Waals surface area contributed by atoms with E-state index in [4.69, 9.17) is 16.2 Å². The van der Waals surface area contributed by atoms with Gasteiger partial charge in [-0.05, 0) is 31.9 Å². The SMILES string of the molecule is CC(C)(C)OC(=O)N[C@@H](Cc1ccccc1)C(=O)N[C@@H](Cc1ccccc1)C(=O)n1cnc(C[C@H](N)C(N)=O)c1. The summed E-state index contributed by atoms with van der Waals surface area (Å²) in [6.07, 6.45) is 2.43. The summed E-state index contributed by atoms with van der Waals surface area (Å²) in [5, 5.41) is 5.46. The summed E-state index contributed by atoms with van der Waals surface area (Å²) < 4.78 is 6.61. The lowest BCUT2D eigenvalue weighted by atomic mass is 10.0. The fraction of sp³-hybridized carbons (Fsp3) is 0.345. The Morgan fingerprint density at radius 1 is 0.875 bits per heavy atom. The number of nitrogens with two attached hydrogens (primary N) is 2. The van der Waals surface area contributed by atoms with Gasteiger partial charge in [-0.1, -0.05) is 60.7 Å². The van der Waals surface area contributed by atoms with Crippen LogP contribution in [-0.2, 0) is 33.6 Å². The van der Waals surface area contributed by atoms with Gasteiger partial charge in [0.05, 0.1) is 11.7 Å². The zero-order valence-corrected chi connectivity index (χ0v) is 22.9. The van der Waals surface area contributed by atoms with Crippen LogP contribution in [0.2, 0.25) is 0 Å². The van der Waals surface area contributed by atoms with Gasteiger partial charge in [0.1, 0.15) is 24.0 Å². The van der Waals surface area contributed by atoms with Crippen molar-refractivity contribution < 1.29 is 23.9 Å². The van der Waals surface area contributed by atoms with Crippen LogP contribution < -0.4 is 22.1 Å². The molecule has 0 unspecified atom stereocenters. The second-order valence-corrected chi connectivity index (χ2v) is 10.5. The Bertz CT molecular complexity index is 1300. The second kappa shape index (κ2) is 13.5. The lowest BCUT2D eigenvalue weighted by Gasteiger charge is -2.25. The molecule has 3 aromatic rings. The van der Waals surface area contributed by atoms with E-state index in [0.717, 1.165) is 11.1 Å². The number of hydrogen-bond donors (Lipinski definition) is 4. The Kier molecular flexibility index (Phi) is 10.2. The van der Waals surface area contributed by atoms with Gasteiger partial charge in [0.2, 0.25) is 11.8 Å². The minimum atomic E-state index is -1.02. The van der Waals surface area contributed by atoms with Crippen molar-refractivity contribution in [3.63, 3.8) is 0 Å². The van der Waals surface area contributed by atoms with Crippen molar-refractivity contribution in [2.75, 3.05) is 0 Å². The van der Waals surface area contributed by atoms with E-state index in [1.807, 2.05) is 60.7 Å². The number of benzene rings is 2. The molecule has 0 bridgehead atoms. The largest absolute Gasteiger partial charge is 0.444 e. The molecule has 1 heterocycles. The van der Waals surface area contributed by atoms with E-state index in [1.54, 1.807) is 20.8 Å². The predicted molar refractivity (Wildman–Crippen MR) is 149 cm³/mol. The molecule has 0 saturated carbocycles. The molecule has 0 spiro atoms. The number of aromatic nitrogens is 2. The number of carbonyl (C=O) groups is 4. The molecule has 3 amide bonds. The van der Waals surface area contributed by atoms with E-state index >= 15 is 0 Å². The van der Waals surface area contributed by atoms with Crippen LogP contribution in [0.5, 0.6) is 0 Å². The third kappa shape index (κ3) is 9.35. The number of carbonyl (C=O) groups excluding carboxylic acids is 4. The maximum Gasteiger partial charge on any atom is 0.408 e. The summed E-state index contributed by atoms with van der Waals surface area (Å²) in [6.45, 7) is 5.18. The van der Waals surface area contributed by atoms with E-state index in [-0.39, 0.29) is 19.3 Å². The van der Waals surface area contributed by atoms with Gasteiger partial charge in [-0.3, -0.25) is 19.0 Å². The third-order valence-corrected chi connectivity index (χ3v) is 5.87. The average molecular weight is 549 g/mol. The minimum absolute atomic E-state index is 0.0598. The average Bonchev–Trinajstić information content (AvgIpc) is 3.36. The highest BCUT2D eigenvalue weighted by molar-refractivity contribution is 5.92. The van der Waals surface area contributed by atoms with E-state index in [2.05, 4.69) is 15.6 Å². The van der Waals surface area contributed by atoms with E-state index in [0.29, 0.717) is 5.69 Å². The molecule has 0 aliphatic carbocycles. The van der Waals surface area contributed by atoms with Crippen LogP contribution in [0, 0.1) is 0 Å². The molecule has 0 saturated heterocycles. The molecular weight excluding hydrogens is 512 g/mol. The smallest absolute Gasteiger partial charge is 0.408 e. The summed E-state index contributed by atoms with van der Waals surface area (Å²) in [7, 11) is 0. The van der Waals surface area contributed by atoms with Crippen molar-refractivity contribution in [3.05, 3.63) is 90.0 Å². The first-order chi connectivity index (χ1) is 18.9. The van der Waals surface area contributed by atoms with Gasteiger partial charge in [0.25, 0.3) is 5.91 Å². The number of nitrogens with zero attached hydrogens (tertiary/aromatic N) is 2. The van der Waals surface area contributed by atoms with E-state index < -0.39 is 47.5 Å². The molecule has 11 nitrogen and oxygen atoms in total. The Morgan fingerprint density at radius 3 is 1.95 bits per heavy atom. The summed E-state index contributed by atoms with van der Waals surface area (Å²) in [6, 6.07) is 15.4. The van der Waals surface area contributed by atoms with Gasteiger partial charge in [-0.15, -0.1) is 0 Å². The third-order valence-electron chi connectivity index (χ3n) is 5.87. The first-order valence-electron chi connectivity index (χ1n) is 12.9. The fourth-order valence-electron chi connectivity index (χ4n) is 3.93. The minimum Gasteiger partial charge on any atom is -0.444 e. The van der Waals surface area contributed by atoms with Gasteiger partial charge >= 0.3 is 6.09 Å². The lowest BCUT2D eigenvalue weighted by molar-refractivity contribution is -0.123. The summed E-state index contributed by atoms with van der Waals surface area (Å²) in [5.41, 5.74) is 12.2. The van der Waals surface area contributed by atoms with Gasteiger partial charge in [0, 0.05) is 25.5 Å². The van der Waals surface area contributed by atoms with Crippen molar-refractivity contribution in [3.8, 4) is 0 Å². The fourth-order valence-corrected chi connectivity index (χ4v) is 3.93. The molecule has 1 aromatic heterocycles. The molecule has 0 fully saturated rings. The van der Waals surface area contributed by atoms with Crippen LogP contribution in [0.4, 0.5) is 4.79 Å². The molecule has 0 radical (unpaired) electrons. The Hall–Kier alpha value is -4.51. The van der Waals surface area contributed by atoms with Crippen LogP contribution in [-0.4, -0.2) is 57.1 Å². The molecule has 11 heteroatoms. The maximum atomic E-state index is 13.6. The quantitative estimate of drug-likeness (QED) is 0.283. The number of rotatable bonds is 11. The summed E-state index contributed by atoms with van der Waals surface area (Å²) in [5.74, 6) is -1.70. The van der Waals surface area contributed by atoms with Crippen molar-refractivity contribution in [1.29, 1.82) is 0 Å². The highest BCUT2D eigenvalue weighted by atomic mass is 16.6. The standard InChI is InChI=1S/C29H36N6O5/c1-29(2,3)40-28(39)34-23(14-19-10-6-4-7-11-19)26(37)33-24(15-20-12-8-5-9-13-20)27(38)35-17-21(32-18-35)16-22(30)25(31)36/h4-13,17-18,22-24H,14-16,30H2,1-3H3,(H2,31,36)(H,33,37)(H,34,39)/t22-,23-,24-/m0/s1. The number of ether oxygens (including phenoxy) is 1. The van der Waals surface area contributed by atoms with Crippen molar-refractivity contribution >= 4 is 23.8 Å². The molecule has 40 heavy (non-hydrogen) atoms. The zero-order valence-electron chi connectivity index (χ0n) is 22.9. The van der Waals surface area contributed by atoms with Crippen LogP contribution in [0.25, 0.3) is 0 Å². The topological polar surface area (TPSA) is 171 Å². The maximum absolute atomic E-state index is 13.6.